The maximum atomic E-state index is 12.8. The van der Waals surface area contributed by atoms with E-state index in [9.17, 15) is 9.47 Å². The first-order valence-corrected chi connectivity index (χ1v) is 8.75. The van der Waals surface area contributed by atoms with Gasteiger partial charge in [-0.05, 0) is 24.3 Å². The first-order valence-electron chi connectivity index (χ1n) is 7.02. The van der Waals surface area contributed by atoms with Crippen molar-refractivity contribution in [2.75, 3.05) is 12.8 Å². The number of nitroso groups, excluding NO2 is 1. The average molecular weight is 363 g/mol. The van der Waals surface area contributed by atoms with Crippen LogP contribution < -0.4 is 9.78 Å². The molecular formula is C15H14N3O6P. The van der Waals surface area contributed by atoms with E-state index in [4.69, 9.17) is 24.4 Å². The zero-order chi connectivity index (χ0) is 18.0. The molecule has 0 aliphatic carbocycles. The molecule has 0 saturated carbocycles. The predicted molar refractivity (Wildman–Crippen MR) is 86.9 cm³/mol. The second-order valence-electron chi connectivity index (χ2n) is 4.60. The van der Waals surface area contributed by atoms with Gasteiger partial charge in [-0.1, -0.05) is 45.7 Å². The minimum atomic E-state index is -4.12. The zero-order valence-electron chi connectivity index (χ0n) is 12.9. The fourth-order valence-electron chi connectivity index (χ4n) is 1.60. The van der Waals surface area contributed by atoms with Crippen LogP contribution >= 0.6 is 7.60 Å². The predicted octanol–water partition coefficient (Wildman–Crippen LogP) is 3.67. The van der Waals surface area contributed by atoms with Gasteiger partial charge in [0.1, 0.15) is 12.8 Å². The van der Waals surface area contributed by atoms with E-state index in [1.165, 1.54) is 0 Å². The van der Waals surface area contributed by atoms with Crippen molar-refractivity contribution in [2.45, 2.75) is 0 Å². The van der Waals surface area contributed by atoms with Crippen molar-refractivity contribution in [3.63, 3.8) is 0 Å². The van der Waals surface area contributed by atoms with Gasteiger partial charge in [-0.2, -0.15) is 5.26 Å². The summed E-state index contributed by atoms with van der Waals surface area (Å²) in [6.07, 6.45) is -0.635. The number of benzene rings is 2. The molecule has 0 fully saturated rings. The van der Waals surface area contributed by atoms with Crippen molar-refractivity contribution >= 4 is 7.60 Å². The van der Waals surface area contributed by atoms with Crippen molar-refractivity contribution in [2.24, 2.45) is 5.29 Å². The fraction of sp³-hybridized carbons (Fsp3) is 0.133. The van der Waals surface area contributed by atoms with Gasteiger partial charge in [0.2, 0.25) is 0 Å². The molecule has 0 unspecified atom stereocenters. The summed E-state index contributed by atoms with van der Waals surface area (Å²) < 4.78 is 22.5. The van der Waals surface area contributed by atoms with E-state index in [2.05, 4.69) is 5.29 Å². The molecule has 9 nitrogen and oxygen atoms in total. The highest BCUT2D eigenvalue weighted by molar-refractivity contribution is 7.53. The van der Waals surface area contributed by atoms with Crippen LogP contribution in [0, 0.1) is 16.2 Å². The Kier molecular flexibility index (Phi) is 6.92. The maximum Gasteiger partial charge on any atom is 0.425 e. The molecular weight excluding hydrogens is 349 g/mol. The third-order valence-electron chi connectivity index (χ3n) is 2.69. The number of nitriles is 1. The molecule has 0 spiro atoms. The second kappa shape index (κ2) is 9.39. The molecule has 0 atom stereocenters. The van der Waals surface area contributed by atoms with Crippen LogP contribution in [0.3, 0.4) is 0 Å². The monoisotopic (exact) mass is 363 g/mol. The van der Waals surface area contributed by atoms with Gasteiger partial charge in [0, 0.05) is 0 Å². The van der Waals surface area contributed by atoms with Crippen LogP contribution in [0.1, 0.15) is 0 Å². The van der Waals surface area contributed by atoms with Gasteiger partial charge in [-0.25, -0.2) is 5.01 Å². The Balaban J connectivity index is 2.07. The number of nitrogens with zero attached hydrogens (tertiary/aromatic N) is 3. The summed E-state index contributed by atoms with van der Waals surface area (Å²) in [5.74, 6) is 0.522. The van der Waals surface area contributed by atoms with Crippen LogP contribution in [0.2, 0.25) is 0 Å². The van der Waals surface area contributed by atoms with Crippen molar-refractivity contribution in [3.8, 4) is 17.6 Å². The molecule has 0 radical (unpaired) electrons. The number of rotatable bonds is 10. The minimum absolute atomic E-state index is 0.261. The summed E-state index contributed by atoms with van der Waals surface area (Å²) in [5, 5.41) is 11.9. The van der Waals surface area contributed by atoms with Crippen LogP contribution in [-0.2, 0) is 13.9 Å². The van der Waals surface area contributed by atoms with E-state index >= 15 is 0 Å². The van der Waals surface area contributed by atoms with Crippen molar-refractivity contribution in [1.82, 2.24) is 5.01 Å². The first kappa shape index (κ1) is 18.4. The molecule has 0 saturated heterocycles. The van der Waals surface area contributed by atoms with Gasteiger partial charge < -0.3 is 9.78 Å². The van der Waals surface area contributed by atoms with E-state index in [-0.39, 0.29) is 11.5 Å². The van der Waals surface area contributed by atoms with E-state index in [1.807, 2.05) is 0 Å². The van der Waals surface area contributed by atoms with Crippen LogP contribution in [-0.4, -0.2) is 17.8 Å². The maximum absolute atomic E-state index is 12.8. The van der Waals surface area contributed by atoms with Crippen LogP contribution in [0.25, 0.3) is 0 Å². The Bertz CT molecular complexity index is 705. The fourth-order valence-corrected chi connectivity index (χ4v) is 2.67. The topological polar surface area (TPSA) is 110 Å². The lowest BCUT2D eigenvalue weighted by atomic mass is 10.3. The quantitative estimate of drug-likeness (QED) is 0.207. The van der Waals surface area contributed by atoms with E-state index < -0.39 is 20.4 Å². The summed E-state index contributed by atoms with van der Waals surface area (Å²) in [6, 6.07) is 18.2. The lowest BCUT2D eigenvalue weighted by Gasteiger charge is -2.19. The van der Waals surface area contributed by atoms with Crippen LogP contribution in [0.4, 0.5) is 0 Å². The smallest absolute Gasteiger partial charge is 0.329 e. The Labute approximate surface area is 143 Å². The van der Waals surface area contributed by atoms with E-state index in [0.29, 0.717) is 5.01 Å². The van der Waals surface area contributed by atoms with Gasteiger partial charge in [-0.15, -0.1) is 4.91 Å². The third kappa shape index (κ3) is 6.24. The van der Waals surface area contributed by atoms with Crippen molar-refractivity contribution in [3.05, 3.63) is 65.6 Å². The average Bonchev–Trinajstić information content (AvgIpc) is 2.66. The molecule has 0 amide bonds. The summed E-state index contributed by atoms with van der Waals surface area (Å²) in [7, 11) is -4.12. The highest BCUT2D eigenvalue weighted by atomic mass is 31.2. The molecule has 2 rings (SSSR count). The molecule has 25 heavy (non-hydrogen) atoms. The summed E-state index contributed by atoms with van der Waals surface area (Å²) in [5.41, 5.74) is 0. The number of hydrogen-bond acceptors (Lipinski definition) is 8. The molecule has 10 heteroatoms. The standard InChI is InChI=1S/C15H14N3O6P/c16-11-12-18(17-19)13-25(20,23-21-14-7-3-1-4-8-14)24-22-15-9-5-2-6-10-15/h1-10H,12-13H2. The SMILES string of the molecule is N#CCN(CP(=O)(OOc1ccccc1)OOc1ccccc1)N=O. The van der Waals surface area contributed by atoms with Gasteiger partial charge in [0.15, 0.2) is 11.5 Å². The lowest BCUT2D eigenvalue weighted by Crippen LogP contribution is -2.21. The molecule has 0 aliphatic heterocycles. The van der Waals surface area contributed by atoms with Gasteiger partial charge in [-0.3, -0.25) is 4.57 Å². The van der Waals surface area contributed by atoms with Crippen molar-refractivity contribution < 1.29 is 23.7 Å². The van der Waals surface area contributed by atoms with E-state index in [0.717, 1.165) is 0 Å². The zero-order valence-corrected chi connectivity index (χ0v) is 13.8. The molecule has 0 bridgehead atoms. The Hall–Kier alpha value is -2.92. The van der Waals surface area contributed by atoms with Gasteiger partial charge in [0.05, 0.1) is 11.4 Å². The molecule has 0 heterocycles. The Morgan fingerprint density at radius 2 is 1.44 bits per heavy atom. The second-order valence-corrected chi connectivity index (χ2v) is 6.40. The number of para-hydroxylation sites is 2. The summed E-state index contributed by atoms with van der Waals surface area (Å²) >= 11 is 0. The Morgan fingerprint density at radius 3 is 1.84 bits per heavy atom. The van der Waals surface area contributed by atoms with E-state index in [1.54, 1.807) is 66.7 Å². The largest absolute Gasteiger partial charge is 0.425 e. The molecule has 130 valence electrons. The minimum Gasteiger partial charge on any atom is -0.329 e. The molecule has 2 aromatic carbocycles. The normalized spacial score (nSPS) is 10.5. The molecule has 0 aromatic heterocycles. The van der Waals surface area contributed by atoms with Crippen LogP contribution in [0.15, 0.2) is 65.9 Å². The first-order chi connectivity index (χ1) is 12.1. The number of hydrogen-bond donors (Lipinski definition) is 0. The highest BCUT2D eigenvalue weighted by Gasteiger charge is 2.33. The molecule has 2 aromatic rings. The van der Waals surface area contributed by atoms with Gasteiger partial charge >= 0.3 is 7.60 Å². The third-order valence-corrected chi connectivity index (χ3v) is 3.96. The van der Waals surface area contributed by atoms with Crippen LogP contribution in [0.5, 0.6) is 11.5 Å². The summed E-state index contributed by atoms with van der Waals surface area (Å²) in [6.45, 7) is -0.406. The Morgan fingerprint density at radius 1 is 0.960 bits per heavy atom. The van der Waals surface area contributed by atoms with Crippen molar-refractivity contribution in [1.29, 1.82) is 5.26 Å². The highest BCUT2D eigenvalue weighted by Crippen LogP contribution is 2.49. The lowest BCUT2D eigenvalue weighted by molar-refractivity contribution is -0.172. The summed E-state index contributed by atoms with van der Waals surface area (Å²) in [4.78, 5) is 20.7. The molecule has 0 aliphatic rings. The molecule has 0 N–H and O–H groups in total. The van der Waals surface area contributed by atoms with Gasteiger partial charge in [0.25, 0.3) is 0 Å².